The summed E-state index contributed by atoms with van der Waals surface area (Å²) in [6, 6.07) is 0. The number of amides is 2. The van der Waals surface area contributed by atoms with Crippen LogP contribution in [0.1, 0.15) is 59.8 Å². The minimum Gasteiger partial charge on any atom is -0.451 e. The van der Waals surface area contributed by atoms with Gasteiger partial charge in [-0.1, -0.05) is 0 Å². The second-order valence-electron chi connectivity index (χ2n) is 7.31. The lowest BCUT2D eigenvalue weighted by atomic mass is 10.1. The molecule has 2 N–H and O–H groups in total. The molecule has 0 aliphatic heterocycles. The van der Waals surface area contributed by atoms with Crippen LogP contribution in [0, 0.1) is 13.8 Å². The van der Waals surface area contributed by atoms with Crippen LogP contribution in [0.15, 0.2) is 0 Å². The highest BCUT2D eigenvalue weighted by Gasteiger charge is 2.23. The summed E-state index contributed by atoms with van der Waals surface area (Å²) in [5.41, 5.74) is 1.26. The van der Waals surface area contributed by atoms with Crippen LogP contribution in [0.3, 0.4) is 0 Å². The Bertz CT molecular complexity index is 728. The molecule has 0 aliphatic rings. The van der Waals surface area contributed by atoms with Gasteiger partial charge in [-0.3, -0.25) is 14.4 Å². The topological polar surface area (TPSA) is 109 Å². The van der Waals surface area contributed by atoms with Gasteiger partial charge in [-0.2, -0.15) is 0 Å². The van der Waals surface area contributed by atoms with Gasteiger partial charge in [-0.15, -0.1) is 0 Å². The van der Waals surface area contributed by atoms with Crippen molar-refractivity contribution in [2.75, 3.05) is 20.2 Å². The van der Waals surface area contributed by atoms with Crippen LogP contribution in [0.2, 0.25) is 0 Å². The van der Waals surface area contributed by atoms with E-state index in [1.807, 2.05) is 20.8 Å². The molecule has 1 rings (SSSR count). The first-order valence-electron chi connectivity index (χ1n) is 8.25. The van der Waals surface area contributed by atoms with Crippen LogP contribution < -0.4 is 5.32 Å². The van der Waals surface area contributed by atoms with Crippen LogP contribution in [0.25, 0.3) is 0 Å². The second-order valence-corrected chi connectivity index (χ2v) is 7.31. The van der Waals surface area contributed by atoms with E-state index in [4.69, 9.17) is 4.74 Å². The largest absolute Gasteiger partial charge is 0.451 e. The van der Waals surface area contributed by atoms with Gasteiger partial charge in [0.25, 0.3) is 5.91 Å². The molecule has 0 unspecified atom stereocenters. The number of aryl methyl sites for hydroxylation is 1. The summed E-state index contributed by atoms with van der Waals surface area (Å²) in [7, 11) is 1.45. The van der Waals surface area contributed by atoms with Crippen molar-refractivity contribution in [3.05, 3.63) is 22.5 Å². The molecule has 0 spiro atoms. The summed E-state index contributed by atoms with van der Waals surface area (Å²) in [4.78, 5) is 51.7. The number of likely N-dealkylation sites (N-methyl/N-ethyl adjacent to an activating group) is 1. The lowest BCUT2D eigenvalue weighted by molar-refractivity contribution is -0.137. The molecular formula is C18H27N3O5. The van der Waals surface area contributed by atoms with Gasteiger partial charge in [-0.25, -0.2) is 4.79 Å². The normalized spacial score (nSPS) is 11.0. The number of hydrogen-bond donors (Lipinski definition) is 2. The maximum atomic E-state index is 12.2. The number of aromatic nitrogens is 1. The predicted octanol–water partition coefficient (Wildman–Crippen LogP) is 1.36. The maximum Gasteiger partial charge on any atom is 0.355 e. The Labute approximate surface area is 153 Å². The fraction of sp³-hybridized carbons (Fsp3) is 0.556. The SMILES string of the molecule is CC(=O)c1c(C)[nH]c(C(=O)OCC(=O)N(C)CC(=O)NC(C)(C)C)c1C. The third kappa shape index (κ3) is 5.72. The van der Waals surface area contributed by atoms with Gasteiger partial charge in [-0.05, 0) is 47.1 Å². The summed E-state index contributed by atoms with van der Waals surface area (Å²) in [6.07, 6.45) is 0. The molecule has 0 fully saturated rings. The number of ether oxygens (including phenoxy) is 1. The van der Waals surface area contributed by atoms with E-state index in [2.05, 4.69) is 10.3 Å². The van der Waals surface area contributed by atoms with E-state index in [1.54, 1.807) is 13.8 Å². The van der Waals surface area contributed by atoms with Crippen LogP contribution in [-0.4, -0.2) is 59.2 Å². The summed E-state index contributed by atoms with van der Waals surface area (Å²) >= 11 is 0. The van der Waals surface area contributed by atoms with E-state index >= 15 is 0 Å². The van der Waals surface area contributed by atoms with E-state index < -0.39 is 24.0 Å². The van der Waals surface area contributed by atoms with Crippen LogP contribution in [-0.2, 0) is 14.3 Å². The number of nitrogens with zero attached hydrogens (tertiary/aromatic N) is 1. The number of H-pyrrole nitrogens is 1. The quantitative estimate of drug-likeness (QED) is 0.584. The van der Waals surface area contributed by atoms with Crippen LogP contribution >= 0.6 is 0 Å². The van der Waals surface area contributed by atoms with Gasteiger partial charge < -0.3 is 19.9 Å². The first kappa shape index (κ1) is 21.4. The molecule has 0 saturated heterocycles. The number of Topliss-reactive ketones (excluding diaryl/α,β-unsaturated/α-hetero) is 1. The predicted molar refractivity (Wildman–Crippen MR) is 96.1 cm³/mol. The number of rotatable bonds is 6. The highest BCUT2D eigenvalue weighted by Crippen LogP contribution is 2.19. The molecule has 0 aliphatic carbocycles. The highest BCUT2D eigenvalue weighted by atomic mass is 16.5. The molecule has 0 atom stereocenters. The maximum absolute atomic E-state index is 12.2. The van der Waals surface area contributed by atoms with Crippen molar-refractivity contribution in [3.8, 4) is 0 Å². The summed E-state index contributed by atoms with van der Waals surface area (Å²) in [6.45, 7) is 9.63. The Balaban J connectivity index is 2.65. The zero-order valence-corrected chi connectivity index (χ0v) is 16.4. The molecule has 8 heteroatoms. The van der Waals surface area contributed by atoms with Crippen molar-refractivity contribution in [1.82, 2.24) is 15.2 Å². The molecule has 1 heterocycles. The van der Waals surface area contributed by atoms with E-state index in [0.717, 1.165) is 0 Å². The fourth-order valence-corrected chi connectivity index (χ4v) is 2.55. The average Bonchev–Trinajstić information content (AvgIpc) is 2.77. The Kier molecular flexibility index (Phi) is 6.72. The number of carbonyl (C=O) groups excluding carboxylic acids is 4. The molecule has 2 amide bonds. The van der Waals surface area contributed by atoms with Gasteiger partial charge in [0.1, 0.15) is 5.69 Å². The third-order valence-corrected chi connectivity index (χ3v) is 3.64. The smallest absolute Gasteiger partial charge is 0.355 e. The van der Waals surface area contributed by atoms with Crippen molar-refractivity contribution in [3.63, 3.8) is 0 Å². The molecule has 8 nitrogen and oxygen atoms in total. The first-order valence-corrected chi connectivity index (χ1v) is 8.25. The van der Waals surface area contributed by atoms with Gasteiger partial charge in [0.15, 0.2) is 12.4 Å². The molecule has 0 bridgehead atoms. The number of carbonyl (C=O) groups is 4. The average molecular weight is 365 g/mol. The molecule has 1 aromatic rings. The van der Waals surface area contributed by atoms with Crippen LogP contribution in [0.4, 0.5) is 0 Å². The molecule has 0 aromatic carbocycles. The van der Waals surface area contributed by atoms with Crippen molar-refractivity contribution in [2.45, 2.75) is 47.1 Å². The zero-order chi connectivity index (χ0) is 20.2. The Morgan fingerprint density at radius 1 is 1.15 bits per heavy atom. The Hall–Kier alpha value is -2.64. The molecular weight excluding hydrogens is 338 g/mol. The first-order chi connectivity index (χ1) is 11.8. The number of nitrogens with one attached hydrogen (secondary N) is 2. The molecule has 0 saturated carbocycles. The van der Waals surface area contributed by atoms with Crippen molar-refractivity contribution in [2.24, 2.45) is 0 Å². The lowest BCUT2D eigenvalue weighted by Gasteiger charge is -2.23. The third-order valence-electron chi connectivity index (χ3n) is 3.64. The van der Waals surface area contributed by atoms with E-state index in [0.29, 0.717) is 16.8 Å². The standard InChI is InChI=1S/C18H27N3O5/c1-10-15(12(3)22)11(2)19-16(10)17(25)26-9-14(24)21(7)8-13(23)20-18(4,5)6/h19H,8-9H2,1-7H3,(H,20,23). The summed E-state index contributed by atoms with van der Waals surface area (Å²) in [5.74, 6) is -1.69. The highest BCUT2D eigenvalue weighted by molar-refractivity contribution is 6.01. The van der Waals surface area contributed by atoms with Crippen molar-refractivity contribution >= 4 is 23.6 Å². The van der Waals surface area contributed by atoms with Crippen molar-refractivity contribution in [1.29, 1.82) is 0 Å². The van der Waals surface area contributed by atoms with E-state index in [1.165, 1.54) is 18.9 Å². The molecule has 26 heavy (non-hydrogen) atoms. The minimum absolute atomic E-state index is 0.136. The van der Waals surface area contributed by atoms with E-state index in [-0.39, 0.29) is 23.9 Å². The summed E-state index contributed by atoms with van der Waals surface area (Å²) in [5, 5.41) is 2.75. The van der Waals surface area contributed by atoms with Gasteiger partial charge in [0.05, 0.1) is 6.54 Å². The fourth-order valence-electron chi connectivity index (χ4n) is 2.55. The summed E-state index contributed by atoms with van der Waals surface area (Å²) < 4.78 is 5.02. The number of ketones is 1. The lowest BCUT2D eigenvalue weighted by Crippen LogP contribution is -2.46. The number of esters is 1. The Morgan fingerprint density at radius 2 is 1.73 bits per heavy atom. The van der Waals surface area contributed by atoms with Gasteiger partial charge >= 0.3 is 5.97 Å². The minimum atomic E-state index is -0.723. The molecule has 1 aromatic heterocycles. The van der Waals surface area contributed by atoms with E-state index in [9.17, 15) is 19.2 Å². The number of hydrogen-bond acceptors (Lipinski definition) is 5. The number of aromatic amines is 1. The zero-order valence-electron chi connectivity index (χ0n) is 16.4. The van der Waals surface area contributed by atoms with Crippen LogP contribution in [0.5, 0.6) is 0 Å². The monoisotopic (exact) mass is 365 g/mol. The molecule has 144 valence electrons. The van der Waals surface area contributed by atoms with Gasteiger partial charge in [0, 0.05) is 23.8 Å². The molecule has 0 radical (unpaired) electrons. The van der Waals surface area contributed by atoms with Crippen molar-refractivity contribution < 1.29 is 23.9 Å². The second kappa shape index (κ2) is 8.16. The van der Waals surface area contributed by atoms with Gasteiger partial charge in [0.2, 0.25) is 5.91 Å². The Morgan fingerprint density at radius 3 is 2.19 bits per heavy atom.